The van der Waals surface area contributed by atoms with Crippen molar-refractivity contribution in [3.8, 4) is 0 Å². The maximum atomic E-state index is 12.2. The van der Waals surface area contributed by atoms with E-state index in [1.165, 1.54) is 0 Å². The van der Waals surface area contributed by atoms with Crippen molar-refractivity contribution in [1.82, 2.24) is 15.1 Å². The Hall–Kier alpha value is -2.14. The summed E-state index contributed by atoms with van der Waals surface area (Å²) in [5.74, 6) is -0.246. The van der Waals surface area contributed by atoms with Gasteiger partial charge in [0.15, 0.2) is 0 Å². The highest BCUT2D eigenvalue weighted by Crippen LogP contribution is 2.29. The zero-order valence-corrected chi connectivity index (χ0v) is 14.4. The van der Waals surface area contributed by atoms with Crippen LogP contribution in [0.5, 0.6) is 0 Å². The molecule has 0 atom stereocenters. The number of carbonyl (C=O) groups excluding carboxylic acids is 1. The van der Waals surface area contributed by atoms with E-state index in [9.17, 15) is 9.90 Å². The van der Waals surface area contributed by atoms with Crippen LogP contribution in [0, 0.1) is 13.8 Å². The van der Waals surface area contributed by atoms with Gasteiger partial charge in [-0.05, 0) is 56.7 Å². The third kappa shape index (κ3) is 3.67. The number of benzene rings is 1. The SMILES string of the molecule is Cc1cc(C)n(Cc2cccc(CNC(=O)C3(O)CCCC3)c2)n1. The average Bonchev–Trinajstić information content (AvgIpc) is 3.12. The van der Waals surface area contributed by atoms with Crippen LogP contribution in [0.4, 0.5) is 0 Å². The van der Waals surface area contributed by atoms with Gasteiger partial charge in [-0.15, -0.1) is 0 Å². The van der Waals surface area contributed by atoms with E-state index < -0.39 is 5.60 Å². The molecule has 1 aromatic carbocycles. The molecule has 2 N–H and O–H groups in total. The minimum atomic E-state index is -1.17. The maximum Gasteiger partial charge on any atom is 0.252 e. The van der Waals surface area contributed by atoms with Gasteiger partial charge in [-0.25, -0.2) is 0 Å². The van der Waals surface area contributed by atoms with Crippen LogP contribution in [0.1, 0.15) is 48.2 Å². The average molecular weight is 327 g/mol. The van der Waals surface area contributed by atoms with Crippen molar-refractivity contribution in [3.05, 3.63) is 52.8 Å². The van der Waals surface area contributed by atoms with E-state index in [0.717, 1.165) is 35.4 Å². The Kier molecular flexibility index (Phi) is 4.71. The smallest absolute Gasteiger partial charge is 0.252 e. The van der Waals surface area contributed by atoms with Gasteiger partial charge in [-0.1, -0.05) is 24.3 Å². The molecule has 1 fully saturated rings. The van der Waals surface area contributed by atoms with Gasteiger partial charge in [0.25, 0.3) is 5.91 Å². The Bertz CT molecular complexity index is 730. The van der Waals surface area contributed by atoms with E-state index in [1.54, 1.807) is 0 Å². The first-order valence-corrected chi connectivity index (χ1v) is 8.56. The molecule has 5 nitrogen and oxygen atoms in total. The van der Waals surface area contributed by atoms with E-state index in [4.69, 9.17) is 0 Å². The highest BCUT2D eigenvalue weighted by atomic mass is 16.3. The second kappa shape index (κ2) is 6.77. The maximum absolute atomic E-state index is 12.2. The van der Waals surface area contributed by atoms with Crippen LogP contribution >= 0.6 is 0 Å². The summed E-state index contributed by atoms with van der Waals surface area (Å²) < 4.78 is 1.98. The predicted molar refractivity (Wildman–Crippen MR) is 92.5 cm³/mol. The lowest BCUT2D eigenvalue weighted by molar-refractivity contribution is -0.139. The van der Waals surface area contributed by atoms with Crippen molar-refractivity contribution >= 4 is 5.91 Å². The number of aryl methyl sites for hydroxylation is 2. The zero-order valence-electron chi connectivity index (χ0n) is 14.4. The van der Waals surface area contributed by atoms with Gasteiger partial charge in [-0.2, -0.15) is 5.10 Å². The summed E-state index contributed by atoms with van der Waals surface area (Å²) in [5.41, 5.74) is 3.16. The van der Waals surface area contributed by atoms with Crippen molar-refractivity contribution in [2.45, 2.75) is 58.2 Å². The van der Waals surface area contributed by atoms with Gasteiger partial charge in [-0.3, -0.25) is 9.48 Å². The number of aliphatic hydroxyl groups is 1. The third-order valence-corrected chi connectivity index (χ3v) is 4.73. The molecule has 0 unspecified atom stereocenters. The summed E-state index contributed by atoms with van der Waals surface area (Å²) in [6.07, 6.45) is 2.97. The lowest BCUT2D eigenvalue weighted by Crippen LogP contribution is -2.44. The van der Waals surface area contributed by atoms with Gasteiger partial charge in [0.05, 0.1) is 12.2 Å². The van der Waals surface area contributed by atoms with Gasteiger partial charge >= 0.3 is 0 Å². The van der Waals surface area contributed by atoms with Crippen LogP contribution in [-0.4, -0.2) is 26.4 Å². The third-order valence-electron chi connectivity index (χ3n) is 4.73. The first-order chi connectivity index (χ1) is 11.5. The molecule has 5 heteroatoms. The largest absolute Gasteiger partial charge is 0.380 e. The molecule has 24 heavy (non-hydrogen) atoms. The van der Waals surface area contributed by atoms with Crippen LogP contribution in [-0.2, 0) is 17.9 Å². The number of carbonyl (C=O) groups is 1. The topological polar surface area (TPSA) is 67.2 Å². The van der Waals surface area contributed by atoms with Crippen LogP contribution in [0.3, 0.4) is 0 Å². The van der Waals surface area contributed by atoms with E-state index in [-0.39, 0.29) is 5.91 Å². The molecule has 1 amide bonds. The fraction of sp³-hybridized carbons (Fsp3) is 0.474. The van der Waals surface area contributed by atoms with Gasteiger partial charge in [0.2, 0.25) is 0 Å². The van der Waals surface area contributed by atoms with Crippen molar-refractivity contribution in [1.29, 1.82) is 0 Å². The Morgan fingerprint density at radius 1 is 1.25 bits per heavy atom. The standard InChI is InChI=1S/C19H25N3O2/c1-14-10-15(2)22(21-14)13-17-7-5-6-16(11-17)12-20-18(23)19(24)8-3-4-9-19/h5-7,10-11,24H,3-4,8-9,12-13H2,1-2H3,(H,20,23). The molecular weight excluding hydrogens is 302 g/mol. The molecule has 0 bridgehead atoms. The Morgan fingerprint density at radius 2 is 1.96 bits per heavy atom. The number of amides is 1. The van der Waals surface area contributed by atoms with Gasteiger partial charge in [0.1, 0.15) is 5.60 Å². The first kappa shape index (κ1) is 16.7. The van der Waals surface area contributed by atoms with E-state index >= 15 is 0 Å². The van der Waals surface area contributed by atoms with Gasteiger partial charge < -0.3 is 10.4 Å². The Labute approximate surface area is 142 Å². The molecule has 0 radical (unpaired) electrons. The summed E-state index contributed by atoms with van der Waals surface area (Å²) in [7, 11) is 0. The lowest BCUT2D eigenvalue weighted by atomic mass is 10.0. The van der Waals surface area contributed by atoms with Crippen LogP contribution in [0.2, 0.25) is 0 Å². The second-order valence-corrected chi connectivity index (χ2v) is 6.83. The molecule has 2 aromatic rings. The molecular formula is C19H25N3O2. The predicted octanol–water partition coefficient (Wildman–Crippen LogP) is 2.47. The fourth-order valence-corrected chi connectivity index (χ4v) is 3.38. The molecule has 0 saturated heterocycles. The number of nitrogens with zero attached hydrogens (tertiary/aromatic N) is 2. The van der Waals surface area contributed by atoms with E-state index in [0.29, 0.717) is 25.9 Å². The van der Waals surface area contributed by atoms with Crippen LogP contribution in [0.15, 0.2) is 30.3 Å². The quantitative estimate of drug-likeness (QED) is 0.886. The summed E-state index contributed by atoms with van der Waals surface area (Å²) in [4.78, 5) is 12.2. The van der Waals surface area contributed by atoms with E-state index in [1.807, 2.05) is 30.7 Å². The minimum Gasteiger partial charge on any atom is -0.380 e. The fourth-order valence-electron chi connectivity index (χ4n) is 3.38. The van der Waals surface area contributed by atoms with Crippen molar-refractivity contribution in [2.75, 3.05) is 0 Å². The minimum absolute atomic E-state index is 0.246. The number of nitrogens with one attached hydrogen (secondary N) is 1. The summed E-state index contributed by atoms with van der Waals surface area (Å²) in [6.45, 7) is 5.19. The van der Waals surface area contributed by atoms with Crippen LogP contribution in [0.25, 0.3) is 0 Å². The summed E-state index contributed by atoms with van der Waals surface area (Å²) >= 11 is 0. The van der Waals surface area contributed by atoms with Crippen LogP contribution < -0.4 is 5.32 Å². The molecule has 1 aliphatic carbocycles. The number of hydrogen-bond donors (Lipinski definition) is 2. The molecule has 128 valence electrons. The summed E-state index contributed by atoms with van der Waals surface area (Å²) in [6, 6.07) is 10.2. The molecule has 0 aliphatic heterocycles. The van der Waals surface area contributed by atoms with Crippen molar-refractivity contribution in [2.24, 2.45) is 0 Å². The Balaban J connectivity index is 1.63. The van der Waals surface area contributed by atoms with Gasteiger partial charge in [0, 0.05) is 12.2 Å². The lowest BCUT2D eigenvalue weighted by Gasteiger charge is -2.21. The monoisotopic (exact) mass is 327 g/mol. The number of aromatic nitrogens is 2. The molecule has 3 rings (SSSR count). The second-order valence-electron chi connectivity index (χ2n) is 6.83. The zero-order chi connectivity index (χ0) is 17.2. The highest BCUT2D eigenvalue weighted by Gasteiger charge is 2.38. The molecule has 1 heterocycles. The molecule has 1 aliphatic rings. The number of hydrogen-bond acceptors (Lipinski definition) is 3. The first-order valence-electron chi connectivity index (χ1n) is 8.56. The molecule has 1 aromatic heterocycles. The number of rotatable bonds is 5. The Morgan fingerprint density at radius 3 is 2.62 bits per heavy atom. The molecule has 0 spiro atoms. The normalized spacial score (nSPS) is 16.3. The van der Waals surface area contributed by atoms with E-state index in [2.05, 4.69) is 28.6 Å². The van der Waals surface area contributed by atoms with Crippen molar-refractivity contribution < 1.29 is 9.90 Å². The highest BCUT2D eigenvalue weighted by molar-refractivity contribution is 5.85. The molecule has 1 saturated carbocycles. The summed E-state index contributed by atoms with van der Waals surface area (Å²) in [5, 5.41) is 17.7. The van der Waals surface area contributed by atoms with Crippen molar-refractivity contribution in [3.63, 3.8) is 0 Å².